The first-order valence-electron chi connectivity index (χ1n) is 7.61. The molecule has 0 atom stereocenters. The third-order valence-electron chi connectivity index (χ3n) is 3.54. The van der Waals surface area contributed by atoms with Crippen molar-refractivity contribution in [3.63, 3.8) is 0 Å². The summed E-state index contributed by atoms with van der Waals surface area (Å²) in [5.74, 6) is -1.97. The van der Waals surface area contributed by atoms with Crippen molar-refractivity contribution in [1.82, 2.24) is 10.2 Å². The van der Waals surface area contributed by atoms with Crippen LogP contribution < -0.4 is 5.32 Å². The molecule has 138 valence electrons. The number of hydrogen-bond donors (Lipinski definition) is 1. The van der Waals surface area contributed by atoms with Crippen LogP contribution in [0.5, 0.6) is 0 Å². The third kappa shape index (κ3) is 5.30. The maximum Gasteiger partial charge on any atom is 0.405 e. The van der Waals surface area contributed by atoms with E-state index in [1.807, 2.05) is 0 Å². The first-order chi connectivity index (χ1) is 12.2. The van der Waals surface area contributed by atoms with E-state index in [0.717, 1.165) is 0 Å². The molecule has 2 aromatic rings. The number of amides is 2. The van der Waals surface area contributed by atoms with Crippen molar-refractivity contribution in [1.29, 1.82) is 0 Å². The van der Waals surface area contributed by atoms with Gasteiger partial charge in [-0.3, -0.25) is 9.59 Å². The van der Waals surface area contributed by atoms with Crippen molar-refractivity contribution < 1.29 is 27.2 Å². The molecule has 0 aliphatic carbocycles. The molecule has 0 bridgehead atoms. The highest BCUT2D eigenvalue weighted by molar-refractivity contribution is 5.95. The summed E-state index contributed by atoms with van der Waals surface area (Å²) >= 11 is 0. The van der Waals surface area contributed by atoms with Gasteiger partial charge in [-0.15, -0.1) is 0 Å². The van der Waals surface area contributed by atoms with E-state index in [9.17, 15) is 27.2 Å². The van der Waals surface area contributed by atoms with E-state index >= 15 is 0 Å². The van der Waals surface area contributed by atoms with E-state index in [1.54, 1.807) is 11.4 Å². The Hall–Kier alpha value is -2.90. The number of alkyl halides is 3. The van der Waals surface area contributed by atoms with Crippen molar-refractivity contribution in [3.8, 4) is 0 Å². The molecule has 4 nitrogen and oxygen atoms in total. The lowest BCUT2D eigenvalue weighted by molar-refractivity contribution is -0.123. The van der Waals surface area contributed by atoms with Crippen molar-refractivity contribution in [2.45, 2.75) is 12.7 Å². The van der Waals surface area contributed by atoms with Gasteiger partial charge >= 0.3 is 6.18 Å². The molecule has 2 aromatic carbocycles. The predicted octanol–water partition coefficient (Wildman–Crippen LogP) is 3.39. The molecule has 0 aliphatic heterocycles. The number of nitrogens with one attached hydrogen (secondary N) is 1. The minimum atomic E-state index is -4.48. The van der Waals surface area contributed by atoms with Crippen molar-refractivity contribution in [2.24, 2.45) is 0 Å². The van der Waals surface area contributed by atoms with Gasteiger partial charge in [-0.05, 0) is 29.8 Å². The van der Waals surface area contributed by atoms with Crippen LogP contribution in [0.2, 0.25) is 0 Å². The van der Waals surface area contributed by atoms with E-state index in [2.05, 4.69) is 0 Å². The fourth-order valence-electron chi connectivity index (χ4n) is 2.23. The Kier molecular flexibility index (Phi) is 5.97. The number of carbonyl (C=O) groups excluding carboxylic acids is 2. The molecule has 0 unspecified atom stereocenters. The van der Waals surface area contributed by atoms with Gasteiger partial charge in [-0.25, -0.2) is 4.39 Å². The second-order valence-corrected chi connectivity index (χ2v) is 5.64. The number of carbonyl (C=O) groups is 2. The van der Waals surface area contributed by atoms with Crippen molar-refractivity contribution in [2.75, 3.05) is 13.6 Å². The SMILES string of the molecule is CN(Cc1ccc(C(=O)NCC(F)(F)F)cc1)C(=O)c1ccccc1F. The zero-order valence-corrected chi connectivity index (χ0v) is 13.8. The van der Waals surface area contributed by atoms with Crippen LogP contribution in [0.3, 0.4) is 0 Å². The summed E-state index contributed by atoms with van der Waals surface area (Å²) in [6, 6.07) is 11.4. The molecule has 0 aromatic heterocycles. The van der Waals surface area contributed by atoms with Gasteiger partial charge in [0.25, 0.3) is 11.8 Å². The molecule has 0 fully saturated rings. The summed E-state index contributed by atoms with van der Waals surface area (Å²) < 4.78 is 50.0. The average molecular weight is 368 g/mol. The van der Waals surface area contributed by atoms with E-state index in [-0.39, 0.29) is 17.7 Å². The van der Waals surface area contributed by atoms with Gasteiger partial charge in [0.1, 0.15) is 12.4 Å². The second kappa shape index (κ2) is 7.99. The number of hydrogen-bond acceptors (Lipinski definition) is 2. The van der Waals surface area contributed by atoms with Gasteiger partial charge in [0, 0.05) is 19.2 Å². The zero-order chi connectivity index (χ0) is 19.3. The topological polar surface area (TPSA) is 49.4 Å². The van der Waals surface area contributed by atoms with E-state index in [0.29, 0.717) is 5.56 Å². The molecule has 0 saturated carbocycles. The van der Waals surface area contributed by atoms with Crippen LogP contribution in [0.25, 0.3) is 0 Å². The molecule has 0 heterocycles. The van der Waals surface area contributed by atoms with Crippen LogP contribution in [0.1, 0.15) is 26.3 Å². The third-order valence-corrected chi connectivity index (χ3v) is 3.54. The van der Waals surface area contributed by atoms with E-state index < -0.39 is 30.4 Å². The molecule has 0 spiro atoms. The van der Waals surface area contributed by atoms with Crippen LogP contribution >= 0.6 is 0 Å². The van der Waals surface area contributed by atoms with Crippen LogP contribution in [0, 0.1) is 5.82 Å². The molecule has 2 amide bonds. The first-order valence-corrected chi connectivity index (χ1v) is 7.61. The smallest absolute Gasteiger partial charge is 0.343 e. The lowest BCUT2D eigenvalue weighted by Gasteiger charge is -2.18. The van der Waals surface area contributed by atoms with E-state index in [1.165, 1.54) is 54.4 Å². The number of rotatable bonds is 5. The van der Waals surface area contributed by atoms with E-state index in [4.69, 9.17) is 0 Å². The molecule has 2 rings (SSSR count). The lowest BCUT2D eigenvalue weighted by atomic mass is 10.1. The quantitative estimate of drug-likeness (QED) is 0.823. The van der Waals surface area contributed by atoms with Gasteiger partial charge in [0.05, 0.1) is 5.56 Å². The molecule has 0 radical (unpaired) electrons. The first kappa shape index (κ1) is 19.4. The number of halogens is 4. The minimum absolute atomic E-state index is 0.0573. The summed E-state index contributed by atoms with van der Waals surface area (Å²) in [6.45, 7) is -1.26. The number of benzene rings is 2. The Labute approximate surface area is 147 Å². The van der Waals surface area contributed by atoms with Gasteiger partial charge < -0.3 is 10.2 Å². The summed E-state index contributed by atoms with van der Waals surface area (Å²) in [5.41, 5.74) is 0.656. The summed E-state index contributed by atoms with van der Waals surface area (Å²) in [4.78, 5) is 25.2. The van der Waals surface area contributed by atoms with Crippen molar-refractivity contribution in [3.05, 3.63) is 71.0 Å². The highest BCUT2D eigenvalue weighted by Crippen LogP contribution is 2.14. The minimum Gasteiger partial charge on any atom is -0.343 e. The Balaban J connectivity index is 1.99. The predicted molar refractivity (Wildman–Crippen MR) is 87.0 cm³/mol. The van der Waals surface area contributed by atoms with Gasteiger partial charge in [-0.1, -0.05) is 24.3 Å². The Morgan fingerprint density at radius 1 is 1.04 bits per heavy atom. The Bertz CT molecular complexity index is 789. The van der Waals surface area contributed by atoms with Gasteiger partial charge in [-0.2, -0.15) is 13.2 Å². The molecule has 0 aliphatic rings. The second-order valence-electron chi connectivity index (χ2n) is 5.64. The van der Waals surface area contributed by atoms with Gasteiger partial charge in [0.15, 0.2) is 0 Å². The average Bonchev–Trinajstić information content (AvgIpc) is 2.59. The number of nitrogens with zero attached hydrogens (tertiary/aromatic N) is 1. The summed E-state index contributed by atoms with van der Waals surface area (Å²) in [6.07, 6.45) is -4.48. The maximum absolute atomic E-state index is 13.7. The molecule has 0 saturated heterocycles. The zero-order valence-electron chi connectivity index (χ0n) is 13.8. The summed E-state index contributed by atoms with van der Waals surface area (Å²) in [5, 5.41) is 1.77. The molecular weight excluding hydrogens is 352 g/mol. The largest absolute Gasteiger partial charge is 0.405 e. The summed E-state index contributed by atoms with van der Waals surface area (Å²) in [7, 11) is 1.50. The molecule has 26 heavy (non-hydrogen) atoms. The Morgan fingerprint density at radius 3 is 2.23 bits per heavy atom. The van der Waals surface area contributed by atoms with Crippen LogP contribution in [-0.4, -0.2) is 36.5 Å². The molecule has 1 N–H and O–H groups in total. The lowest BCUT2D eigenvalue weighted by Crippen LogP contribution is -2.33. The standard InChI is InChI=1S/C18H16F4N2O2/c1-24(17(26)14-4-2-3-5-15(14)19)10-12-6-8-13(9-7-12)16(25)23-11-18(20,21)22/h2-9H,10-11H2,1H3,(H,23,25). The van der Waals surface area contributed by atoms with Crippen LogP contribution in [0.4, 0.5) is 17.6 Å². The maximum atomic E-state index is 13.7. The fourth-order valence-corrected chi connectivity index (χ4v) is 2.23. The Morgan fingerprint density at radius 2 is 1.65 bits per heavy atom. The molecular formula is C18H16F4N2O2. The molecule has 8 heteroatoms. The van der Waals surface area contributed by atoms with Crippen LogP contribution in [0.15, 0.2) is 48.5 Å². The monoisotopic (exact) mass is 368 g/mol. The normalized spacial score (nSPS) is 11.1. The van der Waals surface area contributed by atoms with Crippen LogP contribution in [-0.2, 0) is 6.54 Å². The highest BCUT2D eigenvalue weighted by atomic mass is 19.4. The fraction of sp³-hybridized carbons (Fsp3) is 0.222. The highest BCUT2D eigenvalue weighted by Gasteiger charge is 2.27. The van der Waals surface area contributed by atoms with Gasteiger partial charge in [0.2, 0.25) is 0 Å². The van der Waals surface area contributed by atoms with Crippen molar-refractivity contribution >= 4 is 11.8 Å².